The summed E-state index contributed by atoms with van der Waals surface area (Å²) >= 11 is 1.65. The maximum atomic E-state index is 11.0. The lowest BCUT2D eigenvalue weighted by molar-refractivity contribution is -0.116. The number of rotatable bonds is 3. The number of methoxy groups -OCH3 is 1. The molecule has 0 spiro atoms. The van der Waals surface area contributed by atoms with Crippen LogP contribution < -0.4 is 4.74 Å². The fourth-order valence-corrected chi connectivity index (χ4v) is 2.75. The molecule has 0 N–H and O–H groups in total. The number of carbonyl (C=O) groups excluding carboxylic acids is 1. The van der Waals surface area contributed by atoms with Gasteiger partial charge in [0.2, 0.25) is 0 Å². The molecule has 0 saturated carbocycles. The highest BCUT2D eigenvalue weighted by Crippen LogP contribution is 2.32. The van der Waals surface area contributed by atoms with Gasteiger partial charge in [-0.3, -0.25) is 4.79 Å². The monoisotopic (exact) mass is 220 g/mol. The minimum atomic E-state index is 0.195. The molecule has 0 fully saturated rings. The minimum Gasteiger partial charge on any atom is -0.496 e. The van der Waals surface area contributed by atoms with E-state index >= 15 is 0 Å². The van der Waals surface area contributed by atoms with Crippen LogP contribution in [-0.4, -0.2) is 12.9 Å². The second-order valence-electron chi connectivity index (χ2n) is 3.46. The Morgan fingerprint density at radius 2 is 2.27 bits per heavy atom. The van der Waals surface area contributed by atoms with Gasteiger partial charge in [-0.2, -0.15) is 0 Å². The van der Waals surface area contributed by atoms with E-state index < -0.39 is 0 Å². The molecule has 2 rings (SSSR count). The van der Waals surface area contributed by atoms with E-state index in [4.69, 9.17) is 4.74 Å². The van der Waals surface area contributed by atoms with Crippen molar-refractivity contribution in [1.29, 1.82) is 0 Å². The molecular formula is C12H12O2S. The lowest BCUT2D eigenvalue weighted by Gasteiger charge is -1.99. The standard InChI is InChI=1S/C12H12O2S/c1-8(13)6-9-7-10-11(14-2)4-3-5-12(10)15-9/h3-5,7H,6H2,1-2H3. The average molecular weight is 220 g/mol. The lowest BCUT2D eigenvalue weighted by Crippen LogP contribution is -1.92. The number of carbonyl (C=O) groups is 1. The van der Waals surface area contributed by atoms with Crippen molar-refractivity contribution in [2.45, 2.75) is 13.3 Å². The Morgan fingerprint density at radius 1 is 1.47 bits per heavy atom. The quantitative estimate of drug-likeness (QED) is 0.794. The van der Waals surface area contributed by atoms with Crippen molar-refractivity contribution in [3.63, 3.8) is 0 Å². The summed E-state index contributed by atoms with van der Waals surface area (Å²) in [5.41, 5.74) is 0. The summed E-state index contributed by atoms with van der Waals surface area (Å²) in [6, 6.07) is 7.99. The predicted octanol–water partition coefficient (Wildman–Crippen LogP) is 3.04. The van der Waals surface area contributed by atoms with Gasteiger partial charge in [-0.15, -0.1) is 11.3 Å². The van der Waals surface area contributed by atoms with Gasteiger partial charge in [0.25, 0.3) is 0 Å². The summed E-state index contributed by atoms with van der Waals surface area (Å²) in [6.07, 6.45) is 0.516. The van der Waals surface area contributed by atoms with Gasteiger partial charge >= 0.3 is 0 Å². The number of hydrogen-bond acceptors (Lipinski definition) is 3. The van der Waals surface area contributed by atoms with Gasteiger partial charge in [-0.25, -0.2) is 0 Å². The van der Waals surface area contributed by atoms with Gasteiger partial charge in [0, 0.05) is 21.4 Å². The van der Waals surface area contributed by atoms with Crippen LogP contribution in [0, 0.1) is 0 Å². The summed E-state index contributed by atoms with van der Waals surface area (Å²) < 4.78 is 6.44. The van der Waals surface area contributed by atoms with Crippen LogP contribution in [0.2, 0.25) is 0 Å². The number of benzene rings is 1. The first-order valence-electron chi connectivity index (χ1n) is 4.75. The highest BCUT2D eigenvalue weighted by Gasteiger charge is 2.07. The molecule has 0 amide bonds. The van der Waals surface area contributed by atoms with Crippen LogP contribution in [0.25, 0.3) is 10.1 Å². The van der Waals surface area contributed by atoms with Gasteiger partial charge in [-0.05, 0) is 25.1 Å². The molecule has 0 atom stereocenters. The lowest BCUT2D eigenvalue weighted by atomic mass is 10.2. The molecule has 0 radical (unpaired) electrons. The van der Waals surface area contributed by atoms with E-state index in [9.17, 15) is 4.79 Å². The van der Waals surface area contributed by atoms with E-state index in [0.29, 0.717) is 6.42 Å². The number of ketones is 1. The normalized spacial score (nSPS) is 10.5. The predicted molar refractivity (Wildman–Crippen MR) is 62.8 cm³/mol. The van der Waals surface area contributed by atoms with Gasteiger partial charge in [0.05, 0.1) is 7.11 Å². The molecule has 2 nitrogen and oxygen atoms in total. The summed E-state index contributed by atoms with van der Waals surface area (Å²) in [5.74, 6) is 1.07. The van der Waals surface area contributed by atoms with Crippen LogP contribution >= 0.6 is 11.3 Å². The van der Waals surface area contributed by atoms with Crippen LogP contribution in [-0.2, 0) is 11.2 Å². The summed E-state index contributed by atoms with van der Waals surface area (Å²) in [6.45, 7) is 1.61. The number of fused-ring (bicyclic) bond motifs is 1. The summed E-state index contributed by atoms with van der Waals surface area (Å²) in [7, 11) is 1.66. The van der Waals surface area contributed by atoms with Crippen molar-refractivity contribution in [3.05, 3.63) is 29.1 Å². The molecule has 0 aliphatic heterocycles. The molecule has 0 saturated heterocycles. The van der Waals surface area contributed by atoms with Gasteiger partial charge in [0.15, 0.2) is 0 Å². The van der Waals surface area contributed by atoms with Crippen molar-refractivity contribution in [3.8, 4) is 5.75 Å². The van der Waals surface area contributed by atoms with Crippen LogP contribution in [0.4, 0.5) is 0 Å². The van der Waals surface area contributed by atoms with E-state index in [1.165, 1.54) is 4.70 Å². The first kappa shape index (κ1) is 10.2. The highest BCUT2D eigenvalue weighted by molar-refractivity contribution is 7.19. The first-order chi connectivity index (χ1) is 7.20. The number of hydrogen-bond donors (Lipinski definition) is 0. The Balaban J connectivity index is 2.50. The zero-order chi connectivity index (χ0) is 10.8. The van der Waals surface area contributed by atoms with Crippen molar-refractivity contribution < 1.29 is 9.53 Å². The second kappa shape index (κ2) is 4.03. The largest absolute Gasteiger partial charge is 0.496 e. The Kier molecular flexibility index (Phi) is 2.73. The second-order valence-corrected chi connectivity index (χ2v) is 4.63. The van der Waals surface area contributed by atoms with Crippen LogP contribution in [0.3, 0.4) is 0 Å². The van der Waals surface area contributed by atoms with E-state index in [1.807, 2.05) is 24.3 Å². The van der Waals surface area contributed by atoms with Crippen LogP contribution in [0.15, 0.2) is 24.3 Å². The summed E-state index contributed by atoms with van der Waals surface area (Å²) in [4.78, 5) is 12.1. The van der Waals surface area contributed by atoms with E-state index in [-0.39, 0.29) is 5.78 Å². The van der Waals surface area contributed by atoms with Gasteiger partial charge in [0.1, 0.15) is 11.5 Å². The third kappa shape index (κ3) is 2.02. The number of ether oxygens (including phenoxy) is 1. The van der Waals surface area contributed by atoms with Crippen molar-refractivity contribution in [1.82, 2.24) is 0 Å². The third-order valence-electron chi connectivity index (χ3n) is 2.22. The third-order valence-corrected chi connectivity index (χ3v) is 3.32. The molecule has 15 heavy (non-hydrogen) atoms. The maximum absolute atomic E-state index is 11.0. The zero-order valence-electron chi connectivity index (χ0n) is 8.74. The molecule has 1 aromatic heterocycles. The van der Waals surface area contributed by atoms with Gasteiger partial charge in [-0.1, -0.05) is 6.07 Å². The smallest absolute Gasteiger partial charge is 0.135 e. The highest BCUT2D eigenvalue weighted by atomic mass is 32.1. The Hall–Kier alpha value is -1.35. The van der Waals surface area contributed by atoms with Crippen LogP contribution in [0.5, 0.6) is 5.75 Å². The van der Waals surface area contributed by atoms with Crippen molar-refractivity contribution in [2.24, 2.45) is 0 Å². The minimum absolute atomic E-state index is 0.195. The van der Waals surface area contributed by atoms with Crippen LogP contribution in [0.1, 0.15) is 11.8 Å². The SMILES string of the molecule is COc1cccc2sc(CC(C)=O)cc12. The Morgan fingerprint density at radius 3 is 2.93 bits per heavy atom. The molecule has 2 aromatic rings. The fourth-order valence-electron chi connectivity index (χ4n) is 1.60. The molecule has 1 aromatic carbocycles. The molecule has 0 aliphatic rings. The van der Waals surface area contributed by atoms with E-state index in [2.05, 4.69) is 0 Å². The molecule has 78 valence electrons. The van der Waals surface area contributed by atoms with Gasteiger partial charge < -0.3 is 4.74 Å². The zero-order valence-corrected chi connectivity index (χ0v) is 9.56. The molecule has 1 heterocycles. The average Bonchev–Trinajstić information content (AvgIpc) is 2.58. The molecule has 0 aliphatic carbocycles. The molecule has 3 heteroatoms. The fraction of sp³-hybridized carbons (Fsp3) is 0.250. The topological polar surface area (TPSA) is 26.3 Å². The molecular weight excluding hydrogens is 208 g/mol. The molecule has 0 unspecified atom stereocenters. The van der Waals surface area contributed by atoms with E-state index in [0.717, 1.165) is 16.0 Å². The molecule has 0 bridgehead atoms. The Bertz CT molecular complexity index is 499. The Labute approximate surface area is 92.5 Å². The summed E-state index contributed by atoms with van der Waals surface area (Å²) in [5, 5.41) is 1.10. The maximum Gasteiger partial charge on any atom is 0.135 e. The number of Topliss-reactive ketones (excluding diaryl/α,β-unsaturated/α-hetero) is 1. The first-order valence-corrected chi connectivity index (χ1v) is 5.57. The van der Waals surface area contributed by atoms with Crippen molar-refractivity contribution in [2.75, 3.05) is 7.11 Å². The van der Waals surface area contributed by atoms with Crippen molar-refractivity contribution >= 4 is 27.2 Å². The number of thiophene rings is 1. The van der Waals surface area contributed by atoms with E-state index in [1.54, 1.807) is 25.4 Å².